The molecule has 0 spiro atoms. The average molecular weight is 138 g/mol. The summed E-state index contributed by atoms with van der Waals surface area (Å²) < 4.78 is 0. The van der Waals surface area contributed by atoms with Crippen LogP contribution in [-0.4, -0.2) is 40.4 Å². The maximum Gasteiger partial charge on any atom is 0.316 e. The van der Waals surface area contributed by atoms with Crippen molar-refractivity contribution in [3.8, 4) is 0 Å². The van der Waals surface area contributed by atoms with E-state index in [1.807, 2.05) is 0 Å². The Bertz CT molecular complexity index is 8.00. The molecule has 0 bridgehead atoms. The Kier molecular flexibility index (Phi) is 199. The number of hydrogen-bond donors (Lipinski definition) is 0. The second-order valence-corrected chi connectivity index (χ2v) is 0. The first-order valence-corrected chi connectivity index (χ1v) is 0. The average Bonchev–Trinajstić information content (AvgIpc) is 0. The largest absolute Gasteiger partial charge is 0.316 e. The second kappa shape index (κ2) is 20.5. The second-order valence-electron chi connectivity index (χ2n) is 0. The van der Waals surface area contributed by atoms with Gasteiger partial charge >= 0.3 is 23.1 Å². The topological polar surface area (TPSA) is 0 Å². The number of hydrogen-bond acceptors (Lipinski definition) is 0. The van der Waals surface area contributed by atoms with Crippen LogP contribution in [0, 0.1) is 0 Å². The molecular weight excluding hydrogens is 129 g/mol. The van der Waals surface area contributed by atoms with Crippen molar-refractivity contribution in [2.75, 3.05) is 0 Å². The monoisotopic (exact) mass is 136 g/mol. The minimum absolute atomic E-state index is 0. The molecule has 0 radical (unpaired) electrons. The van der Waals surface area contributed by atoms with E-state index in [0.717, 1.165) is 0 Å². The molecule has 20 valence electrons. The van der Waals surface area contributed by atoms with Crippen LogP contribution >= 0.6 is 0 Å². The smallest absolute Gasteiger partial charge is 0.0776 e. The van der Waals surface area contributed by atoms with Crippen LogP contribution in [0.2, 0.25) is 0 Å². The van der Waals surface area contributed by atoms with Crippen LogP contribution in [0.1, 0.15) is 7.43 Å². The summed E-state index contributed by atoms with van der Waals surface area (Å²) in [6.45, 7) is 0. The molecule has 0 atom stereocenters. The summed E-state index contributed by atoms with van der Waals surface area (Å²) in [5.74, 6) is 0. The molecule has 0 saturated heterocycles. The molecule has 0 nitrogen and oxygen atoms in total. The summed E-state index contributed by atoms with van der Waals surface area (Å²) in [6.07, 6.45) is 0. The summed E-state index contributed by atoms with van der Waals surface area (Å²) in [7, 11) is 0. The molecule has 0 aromatic carbocycles. The van der Waals surface area contributed by atoms with Crippen LogP contribution in [0.15, 0.2) is 0 Å². The number of rotatable bonds is 0. The molecule has 0 N–H and O–H groups in total. The first-order valence-electron chi connectivity index (χ1n) is 0. The summed E-state index contributed by atoms with van der Waals surface area (Å²) in [5, 5.41) is 0. The maximum atomic E-state index is 0. The van der Waals surface area contributed by atoms with Crippen molar-refractivity contribution in [2.24, 2.45) is 0 Å². The zero-order valence-corrected chi connectivity index (χ0v) is 3.67. The van der Waals surface area contributed by atoms with Gasteiger partial charge in [-0.2, -0.15) is 0 Å². The molecule has 0 fully saturated rings. The van der Waals surface area contributed by atoms with E-state index in [-0.39, 0.29) is 67.3 Å². The van der Waals surface area contributed by atoms with Gasteiger partial charge in [-0.25, -0.2) is 0 Å². The zero-order valence-electron chi connectivity index (χ0n) is 0.707. The maximum absolute atomic E-state index is 0. The first kappa shape index (κ1) is 38.8. The first-order chi connectivity index (χ1) is 0. The Labute approximate surface area is 66.8 Å². The molecule has 0 aliphatic carbocycles. The zero-order chi connectivity index (χ0) is 0. The van der Waals surface area contributed by atoms with E-state index in [2.05, 4.69) is 0 Å². The summed E-state index contributed by atoms with van der Waals surface area (Å²) in [6, 6.07) is 0. The standard InChI is InChI=1S/CH4.Al.Mg.Zn.5H/h1H4;;;;;;;;. The molecule has 0 aromatic rings. The van der Waals surface area contributed by atoms with Crippen LogP contribution < -0.4 is 0 Å². The fraction of sp³-hybridized carbons (Fsp3) is 1.00. The van der Waals surface area contributed by atoms with E-state index < -0.39 is 0 Å². The van der Waals surface area contributed by atoms with Gasteiger partial charge in [0.2, 0.25) is 0 Å². The van der Waals surface area contributed by atoms with Crippen molar-refractivity contribution in [2.45, 2.75) is 7.43 Å². The summed E-state index contributed by atoms with van der Waals surface area (Å²) >= 11 is 0. The van der Waals surface area contributed by atoms with Gasteiger partial charge in [0.05, 0.1) is 0 Å². The fourth-order valence-corrected chi connectivity index (χ4v) is 0. The van der Waals surface area contributed by atoms with Gasteiger partial charge in [0.15, 0.2) is 17.4 Å². The van der Waals surface area contributed by atoms with Gasteiger partial charge in [-0.05, 0) is 0 Å². The van der Waals surface area contributed by atoms with Crippen molar-refractivity contribution in [1.82, 2.24) is 0 Å². The van der Waals surface area contributed by atoms with Gasteiger partial charge in [0.25, 0.3) is 0 Å². The van der Waals surface area contributed by atoms with E-state index in [0.29, 0.717) is 0 Å². The molecule has 0 aromatic heterocycles. The molecule has 3 heteroatoms. The van der Waals surface area contributed by atoms with Crippen LogP contribution in [0.4, 0.5) is 0 Å². The normalized spacial score (nSPS) is 0. The molecule has 0 saturated carbocycles. The van der Waals surface area contributed by atoms with E-state index >= 15 is 0 Å². The summed E-state index contributed by atoms with van der Waals surface area (Å²) in [5.41, 5.74) is 0. The van der Waals surface area contributed by atoms with Crippen LogP contribution in [0.5, 0.6) is 0 Å². The molecule has 4 heavy (non-hydrogen) atoms. The van der Waals surface area contributed by atoms with E-state index in [1.54, 1.807) is 0 Å². The quantitative estimate of drug-likeness (QED) is 0.358. The van der Waals surface area contributed by atoms with Gasteiger partial charge in [-0.1, -0.05) is 7.43 Å². The van der Waals surface area contributed by atoms with Gasteiger partial charge in [0.1, 0.15) is 0 Å². The van der Waals surface area contributed by atoms with E-state index in [4.69, 9.17) is 0 Å². The van der Waals surface area contributed by atoms with Crippen molar-refractivity contribution < 1.29 is 19.5 Å². The van der Waals surface area contributed by atoms with Crippen LogP contribution in [-0.2, 0) is 19.5 Å². The van der Waals surface area contributed by atoms with Gasteiger partial charge in [0, 0.05) is 19.5 Å². The SMILES string of the molecule is C.[AlH3].[MgH2].[Zn]. The van der Waals surface area contributed by atoms with Crippen LogP contribution in [0.25, 0.3) is 0 Å². The van der Waals surface area contributed by atoms with Crippen molar-refractivity contribution >= 4 is 40.4 Å². The fourth-order valence-electron chi connectivity index (χ4n) is 0. The van der Waals surface area contributed by atoms with Gasteiger partial charge in [-0.15, -0.1) is 0 Å². The molecule has 0 aliphatic heterocycles. The third-order valence-electron chi connectivity index (χ3n) is 0. The minimum Gasteiger partial charge on any atom is -0.0776 e. The Morgan fingerprint density at radius 2 is 1.00 bits per heavy atom. The van der Waals surface area contributed by atoms with Gasteiger partial charge < -0.3 is 0 Å². The van der Waals surface area contributed by atoms with Crippen LogP contribution in [0.3, 0.4) is 0 Å². The predicted octanol–water partition coefficient (Wildman–Crippen LogP) is -1.47. The summed E-state index contributed by atoms with van der Waals surface area (Å²) in [4.78, 5) is 0. The Morgan fingerprint density at radius 3 is 1.00 bits per heavy atom. The molecule has 0 unspecified atom stereocenters. The molecule has 0 amide bonds. The third-order valence-corrected chi connectivity index (χ3v) is 0. The van der Waals surface area contributed by atoms with Crippen molar-refractivity contribution in [3.05, 3.63) is 0 Å². The van der Waals surface area contributed by atoms with Gasteiger partial charge in [-0.3, -0.25) is 0 Å². The Balaban J connectivity index is 0. The molecular formula is CH9AlMgZn. The minimum atomic E-state index is 0. The Hall–Kier alpha value is 1.92. The predicted molar refractivity (Wildman–Crippen MR) is 25.2 cm³/mol. The Morgan fingerprint density at radius 1 is 1.00 bits per heavy atom. The van der Waals surface area contributed by atoms with E-state index in [1.165, 1.54) is 0 Å². The van der Waals surface area contributed by atoms with Crippen molar-refractivity contribution in [1.29, 1.82) is 0 Å². The molecule has 0 heterocycles. The van der Waals surface area contributed by atoms with E-state index in [9.17, 15) is 0 Å². The molecule has 0 aliphatic rings. The van der Waals surface area contributed by atoms with Crippen molar-refractivity contribution in [3.63, 3.8) is 0 Å². The molecule has 0 rings (SSSR count). The third kappa shape index (κ3) is 9.06.